The van der Waals surface area contributed by atoms with Crippen LogP contribution in [0, 0.1) is 11.8 Å². The van der Waals surface area contributed by atoms with Gasteiger partial charge in [-0.1, -0.05) is 18.0 Å². The zero-order valence-corrected chi connectivity index (χ0v) is 12.5. The molecule has 1 heterocycles. The number of alkyl halides is 1. The molecule has 2 atom stereocenters. The molecule has 1 N–H and O–H groups in total. The lowest BCUT2D eigenvalue weighted by atomic mass is 9.98. The predicted molar refractivity (Wildman–Crippen MR) is 77.0 cm³/mol. The predicted octanol–water partition coefficient (Wildman–Crippen LogP) is 4.56. The Kier molecular flexibility index (Phi) is 4.95. The molecular formula is C12H15BrCl2N2. The van der Waals surface area contributed by atoms with Crippen molar-refractivity contribution in [3.63, 3.8) is 0 Å². The van der Waals surface area contributed by atoms with E-state index in [1.807, 2.05) is 6.07 Å². The first-order chi connectivity index (χ1) is 8.20. The van der Waals surface area contributed by atoms with E-state index in [4.69, 9.17) is 23.2 Å². The van der Waals surface area contributed by atoms with Crippen molar-refractivity contribution < 1.29 is 0 Å². The van der Waals surface area contributed by atoms with Crippen LogP contribution in [0.25, 0.3) is 0 Å². The van der Waals surface area contributed by atoms with Crippen LogP contribution in [-0.4, -0.2) is 17.4 Å². The Hall–Kier alpha value is 0.01000. The molecule has 1 aromatic rings. The summed E-state index contributed by atoms with van der Waals surface area (Å²) in [6.07, 6.45) is 5.46. The fourth-order valence-corrected chi connectivity index (χ4v) is 3.54. The lowest BCUT2D eigenvalue weighted by molar-refractivity contribution is 0.444. The Morgan fingerprint density at radius 2 is 2.18 bits per heavy atom. The van der Waals surface area contributed by atoms with Crippen molar-refractivity contribution >= 4 is 44.9 Å². The summed E-state index contributed by atoms with van der Waals surface area (Å²) < 4.78 is 0.908. The molecule has 0 amide bonds. The highest BCUT2D eigenvalue weighted by atomic mass is 79.9. The van der Waals surface area contributed by atoms with Crippen LogP contribution in [0.15, 0.2) is 16.7 Å². The minimum absolute atomic E-state index is 0.641. The van der Waals surface area contributed by atoms with Gasteiger partial charge in [-0.15, -0.1) is 11.6 Å². The summed E-state index contributed by atoms with van der Waals surface area (Å²) in [6.45, 7) is 0.935. The van der Waals surface area contributed by atoms with Gasteiger partial charge in [-0.3, -0.25) is 0 Å². The van der Waals surface area contributed by atoms with Crippen LogP contribution < -0.4 is 5.32 Å². The molecule has 5 heteroatoms. The third-order valence-electron chi connectivity index (χ3n) is 3.35. The first-order valence-corrected chi connectivity index (χ1v) is 7.52. The number of halogens is 3. The zero-order chi connectivity index (χ0) is 12.3. The average Bonchev–Trinajstić information content (AvgIpc) is 2.75. The van der Waals surface area contributed by atoms with E-state index in [1.54, 1.807) is 6.20 Å². The molecule has 0 aliphatic heterocycles. The number of rotatable bonds is 4. The molecule has 2 nitrogen and oxygen atoms in total. The summed E-state index contributed by atoms with van der Waals surface area (Å²) in [4.78, 5) is 4.27. The Morgan fingerprint density at radius 3 is 2.88 bits per heavy atom. The molecule has 1 aromatic heterocycles. The molecule has 0 radical (unpaired) electrons. The van der Waals surface area contributed by atoms with Crippen LogP contribution in [0.4, 0.5) is 5.82 Å². The normalized spacial score (nSPS) is 23.9. The largest absolute Gasteiger partial charge is 0.369 e. The van der Waals surface area contributed by atoms with Crippen LogP contribution in [-0.2, 0) is 0 Å². The van der Waals surface area contributed by atoms with Gasteiger partial charge in [0.25, 0.3) is 0 Å². The van der Waals surface area contributed by atoms with Crippen molar-refractivity contribution in [3.8, 4) is 0 Å². The van der Waals surface area contributed by atoms with Crippen LogP contribution in [0.5, 0.6) is 0 Å². The van der Waals surface area contributed by atoms with Crippen molar-refractivity contribution in [1.82, 2.24) is 4.98 Å². The molecule has 1 fully saturated rings. The zero-order valence-electron chi connectivity index (χ0n) is 9.43. The first-order valence-electron chi connectivity index (χ1n) is 5.81. The van der Waals surface area contributed by atoms with Gasteiger partial charge < -0.3 is 5.32 Å². The minimum Gasteiger partial charge on any atom is -0.369 e. The van der Waals surface area contributed by atoms with Gasteiger partial charge in [-0.05, 0) is 46.7 Å². The van der Waals surface area contributed by atoms with Crippen molar-refractivity contribution in [2.75, 3.05) is 17.7 Å². The number of nitrogens with zero attached hydrogens (tertiary/aromatic N) is 1. The molecule has 1 aliphatic carbocycles. The number of hydrogen-bond acceptors (Lipinski definition) is 2. The standard InChI is InChI=1S/C12H15BrCl2N2/c13-11-4-10(15)7-17-12(11)16-6-9-3-1-2-8(9)5-14/h4,7-9H,1-3,5-6H2,(H,16,17). The van der Waals surface area contributed by atoms with E-state index < -0.39 is 0 Å². The molecule has 2 unspecified atom stereocenters. The molecule has 17 heavy (non-hydrogen) atoms. The average molecular weight is 338 g/mol. The molecule has 1 saturated carbocycles. The summed E-state index contributed by atoms with van der Waals surface area (Å²) in [5.41, 5.74) is 0. The second kappa shape index (κ2) is 6.26. The second-order valence-corrected chi connectivity index (χ2v) is 6.07. The van der Waals surface area contributed by atoms with Crippen molar-refractivity contribution in [2.24, 2.45) is 11.8 Å². The van der Waals surface area contributed by atoms with Crippen LogP contribution in [0.2, 0.25) is 5.02 Å². The first kappa shape index (κ1) is 13.4. The Morgan fingerprint density at radius 1 is 1.41 bits per heavy atom. The van der Waals surface area contributed by atoms with Gasteiger partial charge in [0.1, 0.15) is 5.82 Å². The smallest absolute Gasteiger partial charge is 0.140 e. The Labute approximate surface area is 120 Å². The Balaban J connectivity index is 1.93. The highest BCUT2D eigenvalue weighted by Crippen LogP contribution is 2.33. The van der Waals surface area contributed by atoms with Gasteiger partial charge in [-0.25, -0.2) is 4.98 Å². The maximum absolute atomic E-state index is 5.97. The van der Waals surface area contributed by atoms with Crippen molar-refractivity contribution in [1.29, 1.82) is 0 Å². The molecule has 0 aromatic carbocycles. The monoisotopic (exact) mass is 336 g/mol. The van der Waals surface area contributed by atoms with Crippen LogP contribution >= 0.6 is 39.1 Å². The topological polar surface area (TPSA) is 24.9 Å². The molecule has 1 aliphatic rings. The van der Waals surface area contributed by atoms with E-state index in [0.717, 1.165) is 22.7 Å². The highest BCUT2D eigenvalue weighted by Gasteiger charge is 2.26. The van der Waals surface area contributed by atoms with Gasteiger partial charge in [0.2, 0.25) is 0 Å². The van der Waals surface area contributed by atoms with Crippen LogP contribution in [0.1, 0.15) is 19.3 Å². The molecule has 2 rings (SSSR count). The summed E-state index contributed by atoms with van der Waals surface area (Å²) in [7, 11) is 0. The molecule has 0 spiro atoms. The van der Waals surface area contributed by atoms with E-state index in [2.05, 4.69) is 26.2 Å². The summed E-state index contributed by atoms with van der Waals surface area (Å²) in [5.74, 6) is 2.93. The number of anilines is 1. The number of aromatic nitrogens is 1. The molecular weight excluding hydrogens is 323 g/mol. The lowest BCUT2D eigenvalue weighted by Gasteiger charge is -2.18. The molecule has 0 bridgehead atoms. The van der Waals surface area contributed by atoms with E-state index in [0.29, 0.717) is 16.9 Å². The highest BCUT2D eigenvalue weighted by molar-refractivity contribution is 9.10. The van der Waals surface area contributed by atoms with Gasteiger partial charge in [0.15, 0.2) is 0 Å². The minimum atomic E-state index is 0.641. The fraction of sp³-hybridized carbons (Fsp3) is 0.583. The third kappa shape index (κ3) is 3.49. The van der Waals surface area contributed by atoms with Crippen molar-refractivity contribution in [2.45, 2.75) is 19.3 Å². The molecule has 0 saturated heterocycles. The summed E-state index contributed by atoms with van der Waals surface area (Å²) in [6, 6.07) is 1.85. The van der Waals surface area contributed by atoms with Gasteiger partial charge in [0.05, 0.1) is 9.50 Å². The van der Waals surface area contributed by atoms with Crippen LogP contribution in [0.3, 0.4) is 0 Å². The van der Waals surface area contributed by atoms with E-state index in [9.17, 15) is 0 Å². The lowest BCUT2D eigenvalue weighted by Crippen LogP contribution is -2.20. The SMILES string of the molecule is ClCC1CCCC1CNc1ncc(Cl)cc1Br. The maximum Gasteiger partial charge on any atom is 0.140 e. The van der Waals surface area contributed by atoms with Gasteiger partial charge >= 0.3 is 0 Å². The summed E-state index contributed by atoms with van der Waals surface area (Å²) in [5, 5.41) is 4.01. The van der Waals surface area contributed by atoms with Gasteiger partial charge in [-0.2, -0.15) is 0 Å². The van der Waals surface area contributed by atoms with E-state index in [-0.39, 0.29) is 0 Å². The van der Waals surface area contributed by atoms with E-state index >= 15 is 0 Å². The third-order valence-corrected chi connectivity index (χ3v) is 4.56. The summed E-state index contributed by atoms with van der Waals surface area (Å²) >= 11 is 15.3. The fourth-order valence-electron chi connectivity index (χ4n) is 2.36. The number of nitrogens with one attached hydrogen (secondary N) is 1. The van der Waals surface area contributed by atoms with E-state index in [1.165, 1.54) is 19.3 Å². The maximum atomic E-state index is 5.97. The van der Waals surface area contributed by atoms with Gasteiger partial charge in [0, 0.05) is 18.6 Å². The van der Waals surface area contributed by atoms with Crippen molar-refractivity contribution in [3.05, 3.63) is 21.8 Å². The number of hydrogen-bond donors (Lipinski definition) is 1. The Bertz CT molecular complexity index is 387. The second-order valence-electron chi connectivity index (χ2n) is 4.47. The number of pyridine rings is 1. The quantitative estimate of drug-likeness (QED) is 0.814. The molecule has 94 valence electrons.